The molecule has 0 fully saturated rings. The third-order valence-corrected chi connectivity index (χ3v) is 2.51. The molecular formula is C11H13Cl2N. The summed E-state index contributed by atoms with van der Waals surface area (Å²) in [6, 6.07) is 5.60. The minimum absolute atomic E-state index is 0.593. The monoisotopic (exact) mass is 229 g/mol. The molecule has 1 aromatic carbocycles. The van der Waals surface area contributed by atoms with Gasteiger partial charge in [-0.3, -0.25) is 0 Å². The van der Waals surface area contributed by atoms with Crippen LogP contribution in [0.1, 0.15) is 12.5 Å². The second kappa shape index (κ2) is 6.07. The van der Waals surface area contributed by atoms with Gasteiger partial charge in [-0.1, -0.05) is 48.3 Å². The molecule has 0 aromatic heterocycles. The lowest BCUT2D eigenvalue weighted by molar-refractivity contribution is 0.801. The standard InChI is InChI=1S/C11H13Cl2N/c1-2-14-7-3-4-9-5-6-10(12)11(13)8-9/h3-6,8,14H,2,7H2,1H3. The summed E-state index contributed by atoms with van der Waals surface area (Å²) in [5.74, 6) is 0. The van der Waals surface area contributed by atoms with Crippen molar-refractivity contribution in [2.45, 2.75) is 6.92 Å². The maximum atomic E-state index is 5.87. The first-order valence-electron chi connectivity index (χ1n) is 4.56. The zero-order valence-corrected chi connectivity index (χ0v) is 9.57. The van der Waals surface area contributed by atoms with Crippen molar-refractivity contribution in [2.24, 2.45) is 0 Å². The Morgan fingerprint density at radius 3 is 2.71 bits per heavy atom. The zero-order chi connectivity index (χ0) is 10.4. The molecule has 1 aromatic rings. The molecule has 3 heteroatoms. The Kier molecular flexibility index (Phi) is 5.02. The van der Waals surface area contributed by atoms with Crippen LogP contribution in [-0.4, -0.2) is 13.1 Å². The van der Waals surface area contributed by atoms with E-state index in [0.29, 0.717) is 10.0 Å². The van der Waals surface area contributed by atoms with E-state index in [1.54, 1.807) is 6.07 Å². The second-order valence-corrected chi connectivity index (χ2v) is 3.70. The van der Waals surface area contributed by atoms with E-state index in [4.69, 9.17) is 23.2 Å². The Bertz CT molecular complexity index is 321. The molecule has 1 N–H and O–H groups in total. The molecular weight excluding hydrogens is 217 g/mol. The topological polar surface area (TPSA) is 12.0 Å². The Balaban J connectivity index is 2.59. The van der Waals surface area contributed by atoms with Gasteiger partial charge in [0, 0.05) is 6.54 Å². The highest BCUT2D eigenvalue weighted by atomic mass is 35.5. The van der Waals surface area contributed by atoms with Gasteiger partial charge in [-0.05, 0) is 24.2 Å². The summed E-state index contributed by atoms with van der Waals surface area (Å²) in [6.07, 6.45) is 4.08. The zero-order valence-electron chi connectivity index (χ0n) is 8.06. The molecule has 0 heterocycles. The number of halogens is 2. The van der Waals surface area contributed by atoms with Gasteiger partial charge >= 0.3 is 0 Å². The van der Waals surface area contributed by atoms with Crippen LogP contribution >= 0.6 is 23.2 Å². The predicted octanol–water partition coefficient (Wildman–Crippen LogP) is 3.62. The lowest BCUT2D eigenvalue weighted by atomic mass is 10.2. The molecule has 0 aliphatic rings. The number of nitrogens with one attached hydrogen (secondary N) is 1. The number of benzene rings is 1. The molecule has 0 atom stereocenters. The average Bonchev–Trinajstić information content (AvgIpc) is 2.18. The van der Waals surface area contributed by atoms with Crippen LogP contribution in [0.4, 0.5) is 0 Å². The molecule has 0 amide bonds. The Morgan fingerprint density at radius 1 is 1.29 bits per heavy atom. The molecule has 76 valence electrons. The van der Waals surface area contributed by atoms with Gasteiger partial charge in [0.25, 0.3) is 0 Å². The van der Waals surface area contributed by atoms with Crippen molar-refractivity contribution >= 4 is 29.3 Å². The van der Waals surface area contributed by atoms with E-state index < -0.39 is 0 Å². The average molecular weight is 230 g/mol. The minimum atomic E-state index is 0.593. The summed E-state index contributed by atoms with van der Waals surface area (Å²) in [6.45, 7) is 3.93. The minimum Gasteiger partial charge on any atom is -0.314 e. The first-order valence-corrected chi connectivity index (χ1v) is 5.32. The molecule has 0 bridgehead atoms. The SMILES string of the molecule is CCNCC=Cc1ccc(Cl)c(Cl)c1. The van der Waals surface area contributed by atoms with Crippen LogP contribution in [0.15, 0.2) is 24.3 Å². The summed E-state index contributed by atoms with van der Waals surface area (Å²) >= 11 is 11.7. The van der Waals surface area contributed by atoms with E-state index in [1.165, 1.54) is 0 Å². The molecule has 0 saturated carbocycles. The summed E-state index contributed by atoms with van der Waals surface area (Å²) < 4.78 is 0. The lowest BCUT2D eigenvalue weighted by Crippen LogP contribution is -2.11. The van der Waals surface area contributed by atoms with Gasteiger partial charge in [0.15, 0.2) is 0 Å². The molecule has 1 nitrogen and oxygen atoms in total. The van der Waals surface area contributed by atoms with E-state index in [2.05, 4.69) is 18.3 Å². The maximum absolute atomic E-state index is 5.87. The fourth-order valence-corrected chi connectivity index (χ4v) is 1.35. The van der Waals surface area contributed by atoms with Gasteiger partial charge in [-0.2, -0.15) is 0 Å². The quantitative estimate of drug-likeness (QED) is 0.779. The molecule has 0 saturated heterocycles. The molecule has 1 rings (SSSR count). The largest absolute Gasteiger partial charge is 0.314 e. The maximum Gasteiger partial charge on any atom is 0.0598 e. The van der Waals surface area contributed by atoms with Gasteiger partial charge < -0.3 is 5.32 Å². The molecule has 0 aliphatic carbocycles. The van der Waals surface area contributed by atoms with E-state index in [9.17, 15) is 0 Å². The fraction of sp³-hybridized carbons (Fsp3) is 0.273. The third kappa shape index (κ3) is 3.70. The van der Waals surface area contributed by atoms with Gasteiger partial charge in [-0.15, -0.1) is 0 Å². The number of hydrogen-bond acceptors (Lipinski definition) is 1. The van der Waals surface area contributed by atoms with Gasteiger partial charge in [0.2, 0.25) is 0 Å². The van der Waals surface area contributed by atoms with Crippen LogP contribution in [0.2, 0.25) is 10.0 Å². The van der Waals surface area contributed by atoms with Crippen LogP contribution < -0.4 is 5.32 Å². The van der Waals surface area contributed by atoms with Crippen LogP contribution in [0, 0.1) is 0 Å². The highest BCUT2D eigenvalue weighted by Gasteiger charge is 1.95. The van der Waals surface area contributed by atoms with Crippen molar-refractivity contribution in [1.82, 2.24) is 5.32 Å². The first-order chi connectivity index (χ1) is 6.74. The summed E-state index contributed by atoms with van der Waals surface area (Å²) in [4.78, 5) is 0. The van der Waals surface area contributed by atoms with Crippen molar-refractivity contribution in [3.8, 4) is 0 Å². The fourth-order valence-electron chi connectivity index (χ4n) is 1.04. The third-order valence-electron chi connectivity index (χ3n) is 1.77. The normalized spacial score (nSPS) is 11.1. The number of rotatable bonds is 4. The lowest BCUT2D eigenvalue weighted by Gasteiger charge is -1.98. The van der Waals surface area contributed by atoms with E-state index in [-0.39, 0.29) is 0 Å². The Morgan fingerprint density at radius 2 is 2.07 bits per heavy atom. The van der Waals surface area contributed by atoms with E-state index >= 15 is 0 Å². The van der Waals surface area contributed by atoms with Gasteiger partial charge in [0.1, 0.15) is 0 Å². The summed E-state index contributed by atoms with van der Waals surface area (Å²) in [5, 5.41) is 4.39. The van der Waals surface area contributed by atoms with E-state index in [1.807, 2.05) is 18.2 Å². The van der Waals surface area contributed by atoms with Crippen LogP contribution in [-0.2, 0) is 0 Å². The summed E-state index contributed by atoms with van der Waals surface area (Å²) in [5.41, 5.74) is 1.07. The number of hydrogen-bond donors (Lipinski definition) is 1. The van der Waals surface area contributed by atoms with Gasteiger partial charge in [-0.25, -0.2) is 0 Å². The Hall–Kier alpha value is -0.500. The highest BCUT2D eigenvalue weighted by molar-refractivity contribution is 6.42. The number of likely N-dealkylation sites (N-methyl/N-ethyl adjacent to an activating group) is 1. The van der Waals surface area contributed by atoms with Crippen molar-refractivity contribution in [1.29, 1.82) is 0 Å². The van der Waals surface area contributed by atoms with Crippen molar-refractivity contribution in [3.05, 3.63) is 39.9 Å². The van der Waals surface area contributed by atoms with Gasteiger partial charge in [0.05, 0.1) is 10.0 Å². The van der Waals surface area contributed by atoms with E-state index in [0.717, 1.165) is 18.7 Å². The van der Waals surface area contributed by atoms with Crippen LogP contribution in [0.3, 0.4) is 0 Å². The van der Waals surface area contributed by atoms with Crippen LogP contribution in [0.5, 0.6) is 0 Å². The summed E-state index contributed by atoms with van der Waals surface area (Å²) in [7, 11) is 0. The smallest absolute Gasteiger partial charge is 0.0598 e. The van der Waals surface area contributed by atoms with Crippen LogP contribution in [0.25, 0.3) is 6.08 Å². The van der Waals surface area contributed by atoms with Crippen molar-refractivity contribution in [3.63, 3.8) is 0 Å². The Labute approximate surface area is 94.7 Å². The molecule has 0 spiro atoms. The molecule has 0 radical (unpaired) electrons. The molecule has 0 unspecified atom stereocenters. The molecule has 14 heavy (non-hydrogen) atoms. The second-order valence-electron chi connectivity index (χ2n) is 2.88. The molecule has 0 aliphatic heterocycles. The predicted molar refractivity (Wildman–Crippen MR) is 64.0 cm³/mol. The van der Waals surface area contributed by atoms with Crippen molar-refractivity contribution < 1.29 is 0 Å². The first kappa shape index (κ1) is 11.6. The highest BCUT2D eigenvalue weighted by Crippen LogP contribution is 2.22. The van der Waals surface area contributed by atoms with Crippen molar-refractivity contribution in [2.75, 3.05) is 13.1 Å².